The maximum absolute atomic E-state index is 13.9. The zero-order chi connectivity index (χ0) is 22.1. The van der Waals surface area contributed by atoms with Crippen LogP contribution in [-0.4, -0.2) is 22.4 Å². The average Bonchev–Trinajstić information content (AvgIpc) is 3.21. The SMILES string of the molecule is CCCCCSc1nc2sc3c(c2c(=O)n1-c1ccc(OC)cc1)CCc1ccccc1-3. The lowest BCUT2D eigenvalue weighted by Gasteiger charge is -2.16. The van der Waals surface area contributed by atoms with Gasteiger partial charge in [0, 0.05) is 10.6 Å². The second kappa shape index (κ2) is 9.12. The molecular formula is C26H26N2O2S2. The molecule has 0 unspecified atom stereocenters. The molecule has 2 heterocycles. The molecule has 2 aromatic carbocycles. The van der Waals surface area contributed by atoms with Crippen molar-refractivity contribution in [3.8, 4) is 21.9 Å². The predicted octanol–water partition coefficient (Wildman–Crippen LogP) is 6.50. The number of thioether (sulfide) groups is 1. The van der Waals surface area contributed by atoms with Gasteiger partial charge in [0.1, 0.15) is 10.6 Å². The highest BCUT2D eigenvalue weighted by molar-refractivity contribution is 7.99. The summed E-state index contributed by atoms with van der Waals surface area (Å²) in [6, 6.07) is 16.2. The summed E-state index contributed by atoms with van der Waals surface area (Å²) in [5, 5.41) is 1.56. The second-order valence-electron chi connectivity index (χ2n) is 8.04. The predicted molar refractivity (Wildman–Crippen MR) is 135 cm³/mol. The van der Waals surface area contributed by atoms with Crippen LogP contribution >= 0.6 is 23.1 Å². The van der Waals surface area contributed by atoms with Crippen LogP contribution in [0.3, 0.4) is 0 Å². The Morgan fingerprint density at radius 1 is 1.09 bits per heavy atom. The Balaban J connectivity index is 1.69. The number of unbranched alkanes of at least 4 members (excludes halogenated alkanes) is 2. The van der Waals surface area contributed by atoms with Crippen molar-refractivity contribution < 1.29 is 4.74 Å². The van der Waals surface area contributed by atoms with Crippen molar-refractivity contribution >= 4 is 33.3 Å². The number of benzene rings is 2. The van der Waals surface area contributed by atoms with E-state index in [1.54, 1.807) is 34.8 Å². The van der Waals surface area contributed by atoms with Gasteiger partial charge in [0.05, 0.1) is 18.2 Å². The quantitative estimate of drug-likeness (QED) is 0.179. The van der Waals surface area contributed by atoms with Crippen LogP contribution in [0.5, 0.6) is 5.75 Å². The Kier molecular flexibility index (Phi) is 6.07. The van der Waals surface area contributed by atoms with Gasteiger partial charge in [-0.2, -0.15) is 0 Å². The van der Waals surface area contributed by atoms with E-state index < -0.39 is 0 Å². The molecule has 4 nitrogen and oxygen atoms in total. The molecule has 0 amide bonds. The fourth-order valence-corrected chi connectivity index (χ4v) is 6.67. The number of rotatable bonds is 7. The second-order valence-corrected chi connectivity index (χ2v) is 10.1. The van der Waals surface area contributed by atoms with Crippen molar-refractivity contribution in [2.45, 2.75) is 44.2 Å². The van der Waals surface area contributed by atoms with Crippen LogP contribution in [0.25, 0.3) is 26.3 Å². The normalized spacial score (nSPS) is 12.6. The van der Waals surface area contributed by atoms with Gasteiger partial charge in [0.25, 0.3) is 5.56 Å². The van der Waals surface area contributed by atoms with E-state index in [1.807, 2.05) is 24.3 Å². The first kappa shape index (κ1) is 21.3. The maximum Gasteiger partial charge on any atom is 0.267 e. The molecule has 2 aromatic heterocycles. The number of fused-ring (bicyclic) bond motifs is 5. The third-order valence-corrected chi connectivity index (χ3v) is 8.19. The van der Waals surface area contributed by atoms with Crippen molar-refractivity contribution in [3.63, 3.8) is 0 Å². The molecule has 0 fully saturated rings. The van der Waals surface area contributed by atoms with E-state index in [1.165, 1.54) is 28.8 Å². The zero-order valence-electron chi connectivity index (χ0n) is 18.4. The van der Waals surface area contributed by atoms with Crippen molar-refractivity contribution in [1.29, 1.82) is 0 Å². The maximum atomic E-state index is 13.9. The van der Waals surface area contributed by atoms with Crippen molar-refractivity contribution in [3.05, 3.63) is 70.0 Å². The Bertz CT molecular complexity index is 1320. The lowest BCUT2D eigenvalue weighted by atomic mass is 9.90. The molecule has 1 aliphatic carbocycles. The van der Waals surface area contributed by atoms with Crippen molar-refractivity contribution in [2.24, 2.45) is 0 Å². The summed E-state index contributed by atoms with van der Waals surface area (Å²) in [6.07, 6.45) is 5.33. The fraction of sp³-hybridized carbons (Fsp3) is 0.308. The summed E-state index contributed by atoms with van der Waals surface area (Å²) < 4.78 is 7.11. The molecule has 32 heavy (non-hydrogen) atoms. The van der Waals surface area contributed by atoms with Crippen LogP contribution in [-0.2, 0) is 12.8 Å². The van der Waals surface area contributed by atoms with Crippen molar-refractivity contribution in [2.75, 3.05) is 12.9 Å². The Hall–Kier alpha value is -2.57. The van der Waals surface area contributed by atoms with Crippen LogP contribution < -0.4 is 10.3 Å². The molecule has 0 spiro atoms. The Labute approximate surface area is 196 Å². The van der Waals surface area contributed by atoms with Crippen LogP contribution in [0.15, 0.2) is 58.5 Å². The van der Waals surface area contributed by atoms with Crippen molar-refractivity contribution in [1.82, 2.24) is 9.55 Å². The first-order chi connectivity index (χ1) is 15.7. The van der Waals surface area contributed by atoms with E-state index in [-0.39, 0.29) is 5.56 Å². The number of aromatic nitrogens is 2. The number of thiophene rings is 1. The van der Waals surface area contributed by atoms with Gasteiger partial charge in [-0.25, -0.2) is 4.98 Å². The highest BCUT2D eigenvalue weighted by Gasteiger charge is 2.25. The lowest BCUT2D eigenvalue weighted by molar-refractivity contribution is 0.414. The van der Waals surface area contributed by atoms with Gasteiger partial charge in [-0.1, -0.05) is 55.8 Å². The molecule has 164 valence electrons. The van der Waals surface area contributed by atoms with Crippen LogP contribution in [0.4, 0.5) is 0 Å². The lowest BCUT2D eigenvalue weighted by Crippen LogP contribution is -2.22. The summed E-state index contributed by atoms with van der Waals surface area (Å²) in [5.74, 6) is 1.73. The third-order valence-electron chi connectivity index (χ3n) is 6.01. The topological polar surface area (TPSA) is 44.1 Å². The van der Waals surface area contributed by atoms with E-state index in [0.717, 1.165) is 57.4 Å². The molecular weight excluding hydrogens is 436 g/mol. The van der Waals surface area contributed by atoms with Crippen LogP contribution in [0.2, 0.25) is 0 Å². The number of hydrogen-bond donors (Lipinski definition) is 0. The molecule has 0 aliphatic heterocycles. The average molecular weight is 463 g/mol. The third kappa shape index (κ3) is 3.76. The summed E-state index contributed by atoms with van der Waals surface area (Å²) >= 11 is 3.35. The molecule has 4 aromatic rings. The van der Waals surface area contributed by atoms with E-state index in [0.29, 0.717) is 0 Å². The van der Waals surface area contributed by atoms with Gasteiger partial charge < -0.3 is 4.74 Å². The molecule has 0 saturated carbocycles. The molecule has 1 aliphatic rings. The first-order valence-electron chi connectivity index (χ1n) is 11.1. The smallest absolute Gasteiger partial charge is 0.267 e. The van der Waals surface area contributed by atoms with E-state index in [2.05, 4.69) is 31.2 Å². The number of hydrogen-bond acceptors (Lipinski definition) is 5. The standard InChI is InChI=1S/C26H26N2O2S2/c1-3-4-7-16-31-26-27-24-22(25(29)28(26)18-11-13-19(30-2)14-12-18)21-15-10-17-8-5-6-9-20(17)23(21)32-24/h5-6,8-9,11-14H,3-4,7,10,15-16H2,1-2H3. The van der Waals surface area contributed by atoms with E-state index in [9.17, 15) is 4.79 Å². The number of nitrogens with zero attached hydrogens (tertiary/aromatic N) is 2. The Morgan fingerprint density at radius 3 is 2.69 bits per heavy atom. The molecule has 0 N–H and O–H groups in total. The van der Waals surface area contributed by atoms with Gasteiger partial charge in [-0.15, -0.1) is 11.3 Å². The molecule has 0 saturated heterocycles. The Morgan fingerprint density at radius 2 is 1.91 bits per heavy atom. The van der Waals surface area contributed by atoms with Gasteiger partial charge in [-0.3, -0.25) is 9.36 Å². The van der Waals surface area contributed by atoms with E-state index in [4.69, 9.17) is 9.72 Å². The summed E-state index contributed by atoms with van der Waals surface area (Å²) in [6.45, 7) is 2.20. The molecule has 5 rings (SSSR count). The zero-order valence-corrected chi connectivity index (χ0v) is 20.0. The number of ether oxygens (including phenoxy) is 1. The first-order valence-corrected chi connectivity index (χ1v) is 13.0. The van der Waals surface area contributed by atoms with E-state index >= 15 is 0 Å². The summed E-state index contributed by atoms with van der Waals surface area (Å²) in [7, 11) is 1.65. The minimum absolute atomic E-state index is 0.0371. The highest BCUT2D eigenvalue weighted by Crippen LogP contribution is 2.42. The van der Waals surface area contributed by atoms with Crippen LogP contribution in [0.1, 0.15) is 37.3 Å². The monoisotopic (exact) mass is 462 g/mol. The molecule has 6 heteroatoms. The van der Waals surface area contributed by atoms with Gasteiger partial charge in [0.2, 0.25) is 0 Å². The number of methoxy groups -OCH3 is 1. The molecule has 0 bridgehead atoms. The van der Waals surface area contributed by atoms with Crippen LogP contribution in [0, 0.1) is 0 Å². The largest absolute Gasteiger partial charge is 0.497 e. The molecule has 0 radical (unpaired) electrons. The summed E-state index contributed by atoms with van der Waals surface area (Å²) in [4.78, 5) is 21.0. The number of aryl methyl sites for hydroxylation is 2. The molecule has 0 atom stereocenters. The van der Waals surface area contributed by atoms with Gasteiger partial charge in [0.15, 0.2) is 5.16 Å². The minimum Gasteiger partial charge on any atom is -0.497 e. The van der Waals surface area contributed by atoms with Gasteiger partial charge >= 0.3 is 0 Å². The van der Waals surface area contributed by atoms with Gasteiger partial charge in [-0.05, 0) is 60.2 Å². The summed E-state index contributed by atoms with van der Waals surface area (Å²) in [5.41, 5.74) is 4.64. The minimum atomic E-state index is 0.0371. The fourth-order valence-electron chi connectivity index (χ4n) is 4.33. The highest BCUT2D eigenvalue weighted by atomic mass is 32.2.